The van der Waals surface area contributed by atoms with Gasteiger partial charge in [-0.05, 0) is 31.6 Å². The van der Waals surface area contributed by atoms with E-state index in [1.807, 2.05) is 0 Å². The second kappa shape index (κ2) is 7.22. The van der Waals surface area contributed by atoms with Crippen LogP contribution in [0.25, 0.3) is 11.3 Å². The van der Waals surface area contributed by atoms with Gasteiger partial charge in [-0.2, -0.15) is 4.39 Å². The zero-order valence-corrected chi connectivity index (χ0v) is 14.6. The Morgan fingerprint density at radius 3 is 2.72 bits per heavy atom. The molecule has 7 heteroatoms. The van der Waals surface area contributed by atoms with E-state index in [0.717, 1.165) is 57.0 Å². The largest absolute Gasteiger partial charge is 0.381 e. The fourth-order valence-electron chi connectivity index (χ4n) is 3.11. The van der Waals surface area contributed by atoms with Gasteiger partial charge >= 0.3 is 0 Å². The predicted octanol–water partition coefficient (Wildman–Crippen LogP) is 4.05. The smallest absolute Gasteiger partial charge is 0.213 e. The fourth-order valence-corrected chi connectivity index (χ4v) is 3.31. The number of rotatable bonds is 5. The van der Waals surface area contributed by atoms with Crippen LogP contribution in [0.3, 0.4) is 0 Å². The lowest BCUT2D eigenvalue weighted by Gasteiger charge is -2.23. The van der Waals surface area contributed by atoms with Crippen LogP contribution in [-0.4, -0.2) is 34.7 Å². The standard InChI is InChI=1S/C18H20ClFN4O/c19-14-9-21-16(20)7-13(14)15-10-22-17(12-1-2-12)18(24-15)23-8-11-3-5-25-6-4-11/h7,9-12H,1-6,8H2,(H,23,24). The molecule has 0 spiro atoms. The van der Waals surface area contributed by atoms with Gasteiger partial charge in [0.1, 0.15) is 5.82 Å². The van der Waals surface area contributed by atoms with Crippen molar-refractivity contribution in [3.63, 3.8) is 0 Å². The molecule has 1 aliphatic carbocycles. The summed E-state index contributed by atoms with van der Waals surface area (Å²) in [7, 11) is 0. The van der Waals surface area contributed by atoms with E-state index < -0.39 is 5.95 Å². The van der Waals surface area contributed by atoms with Gasteiger partial charge in [-0.3, -0.25) is 4.98 Å². The maximum Gasteiger partial charge on any atom is 0.213 e. The van der Waals surface area contributed by atoms with Crippen LogP contribution in [-0.2, 0) is 4.74 Å². The van der Waals surface area contributed by atoms with Gasteiger partial charge in [0.05, 0.1) is 22.6 Å². The Morgan fingerprint density at radius 2 is 1.96 bits per heavy atom. The average Bonchev–Trinajstić information content (AvgIpc) is 3.48. The quantitative estimate of drug-likeness (QED) is 0.813. The first kappa shape index (κ1) is 16.7. The van der Waals surface area contributed by atoms with Crippen LogP contribution in [0.2, 0.25) is 5.02 Å². The molecule has 132 valence electrons. The van der Waals surface area contributed by atoms with Gasteiger partial charge in [-0.25, -0.2) is 9.97 Å². The van der Waals surface area contributed by atoms with Crippen LogP contribution < -0.4 is 5.32 Å². The Morgan fingerprint density at radius 1 is 1.16 bits per heavy atom. The summed E-state index contributed by atoms with van der Waals surface area (Å²) >= 11 is 6.17. The number of hydrogen-bond acceptors (Lipinski definition) is 5. The molecule has 0 amide bonds. The molecule has 0 bridgehead atoms. The lowest BCUT2D eigenvalue weighted by atomic mass is 10.0. The SMILES string of the molecule is Fc1cc(-c2cnc(C3CC3)c(NCC3CCOCC3)n2)c(Cl)cn1. The van der Waals surface area contributed by atoms with Crippen molar-refractivity contribution in [3.8, 4) is 11.3 Å². The number of hydrogen-bond donors (Lipinski definition) is 1. The third-order valence-electron chi connectivity index (χ3n) is 4.76. The third kappa shape index (κ3) is 3.90. The summed E-state index contributed by atoms with van der Waals surface area (Å²) in [6, 6.07) is 1.30. The molecule has 0 aromatic carbocycles. The van der Waals surface area contributed by atoms with Crippen LogP contribution in [0.1, 0.15) is 37.3 Å². The normalized spacial score (nSPS) is 18.3. The summed E-state index contributed by atoms with van der Waals surface area (Å²) in [6.07, 6.45) is 7.38. The van der Waals surface area contributed by atoms with Gasteiger partial charge in [-0.1, -0.05) is 11.6 Å². The molecule has 0 radical (unpaired) electrons. The first-order valence-electron chi connectivity index (χ1n) is 8.70. The number of halogens is 2. The first-order valence-corrected chi connectivity index (χ1v) is 9.08. The molecule has 0 atom stereocenters. The lowest BCUT2D eigenvalue weighted by molar-refractivity contribution is 0.0699. The van der Waals surface area contributed by atoms with Gasteiger partial charge < -0.3 is 10.1 Å². The highest BCUT2D eigenvalue weighted by atomic mass is 35.5. The third-order valence-corrected chi connectivity index (χ3v) is 5.06. The number of anilines is 1. The summed E-state index contributed by atoms with van der Waals surface area (Å²) in [5.41, 5.74) is 2.07. The zero-order chi connectivity index (χ0) is 17.2. The number of nitrogens with one attached hydrogen (secondary N) is 1. The van der Waals surface area contributed by atoms with Crippen LogP contribution in [0.4, 0.5) is 10.2 Å². The second-order valence-corrected chi connectivity index (χ2v) is 7.09. The topological polar surface area (TPSA) is 59.9 Å². The van der Waals surface area contributed by atoms with E-state index in [0.29, 0.717) is 28.1 Å². The van der Waals surface area contributed by atoms with Crippen LogP contribution >= 0.6 is 11.6 Å². The summed E-state index contributed by atoms with van der Waals surface area (Å²) in [6.45, 7) is 2.48. The van der Waals surface area contributed by atoms with Crippen LogP contribution in [0, 0.1) is 11.9 Å². The van der Waals surface area contributed by atoms with Crippen molar-refractivity contribution in [2.24, 2.45) is 5.92 Å². The maximum absolute atomic E-state index is 13.5. The molecule has 5 nitrogen and oxygen atoms in total. The molecule has 25 heavy (non-hydrogen) atoms. The average molecular weight is 363 g/mol. The minimum atomic E-state index is -0.579. The highest BCUT2D eigenvalue weighted by Crippen LogP contribution is 2.42. The van der Waals surface area contributed by atoms with Gasteiger partial charge in [0.15, 0.2) is 0 Å². The molecule has 0 unspecified atom stereocenters. The number of aromatic nitrogens is 3. The molecule has 2 fully saturated rings. The highest BCUT2D eigenvalue weighted by molar-refractivity contribution is 6.33. The molecule has 2 aromatic heterocycles. The van der Waals surface area contributed by atoms with E-state index >= 15 is 0 Å². The van der Waals surface area contributed by atoms with Crippen molar-refractivity contribution in [1.29, 1.82) is 0 Å². The Labute approximate surface area is 151 Å². The summed E-state index contributed by atoms with van der Waals surface area (Å²) in [5.74, 6) is 1.26. The predicted molar refractivity (Wildman–Crippen MR) is 94.2 cm³/mol. The van der Waals surface area contributed by atoms with Crippen molar-refractivity contribution in [2.75, 3.05) is 25.1 Å². The molecular weight excluding hydrogens is 343 g/mol. The monoisotopic (exact) mass is 362 g/mol. The Balaban J connectivity index is 1.60. The van der Waals surface area contributed by atoms with Crippen molar-refractivity contribution in [2.45, 2.75) is 31.6 Å². The maximum atomic E-state index is 13.5. The van der Waals surface area contributed by atoms with E-state index in [1.165, 1.54) is 12.3 Å². The van der Waals surface area contributed by atoms with E-state index in [4.69, 9.17) is 21.3 Å². The molecule has 2 aliphatic rings. The highest BCUT2D eigenvalue weighted by Gasteiger charge is 2.29. The molecular formula is C18H20ClFN4O. The van der Waals surface area contributed by atoms with Gasteiger partial charge in [-0.15, -0.1) is 0 Å². The summed E-state index contributed by atoms with van der Waals surface area (Å²) in [5, 5.41) is 3.83. The van der Waals surface area contributed by atoms with Crippen molar-refractivity contribution < 1.29 is 9.13 Å². The molecule has 1 N–H and O–H groups in total. The van der Waals surface area contributed by atoms with E-state index in [1.54, 1.807) is 6.20 Å². The lowest BCUT2D eigenvalue weighted by Crippen LogP contribution is -2.23. The Bertz CT molecular complexity index is 763. The molecule has 1 aliphatic heterocycles. The minimum Gasteiger partial charge on any atom is -0.381 e. The van der Waals surface area contributed by atoms with Gasteiger partial charge in [0.2, 0.25) is 5.95 Å². The molecule has 1 saturated heterocycles. The fraction of sp³-hybridized carbons (Fsp3) is 0.500. The van der Waals surface area contributed by atoms with E-state index in [2.05, 4.69) is 15.3 Å². The Hall–Kier alpha value is -1.79. The minimum absolute atomic E-state index is 0.366. The van der Waals surface area contributed by atoms with Gasteiger partial charge in [0, 0.05) is 43.5 Å². The molecule has 1 saturated carbocycles. The second-order valence-electron chi connectivity index (χ2n) is 6.69. The van der Waals surface area contributed by atoms with Crippen LogP contribution in [0.5, 0.6) is 0 Å². The molecule has 3 heterocycles. The van der Waals surface area contributed by atoms with Crippen molar-refractivity contribution in [3.05, 3.63) is 35.1 Å². The first-order chi connectivity index (χ1) is 12.2. The molecule has 2 aromatic rings. The Kier molecular flexibility index (Phi) is 4.81. The number of pyridine rings is 1. The van der Waals surface area contributed by atoms with Crippen molar-refractivity contribution in [1.82, 2.24) is 15.0 Å². The van der Waals surface area contributed by atoms with Crippen molar-refractivity contribution >= 4 is 17.4 Å². The summed E-state index contributed by atoms with van der Waals surface area (Å²) < 4.78 is 18.9. The van der Waals surface area contributed by atoms with Crippen LogP contribution in [0.15, 0.2) is 18.5 Å². The summed E-state index contributed by atoms with van der Waals surface area (Å²) in [4.78, 5) is 12.9. The number of ether oxygens (including phenoxy) is 1. The zero-order valence-electron chi connectivity index (χ0n) is 13.8. The molecule has 4 rings (SSSR count). The van der Waals surface area contributed by atoms with E-state index in [-0.39, 0.29) is 0 Å². The van der Waals surface area contributed by atoms with E-state index in [9.17, 15) is 4.39 Å². The van der Waals surface area contributed by atoms with Gasteiger partial charge in [0.25, 0.3) is 0 Å². The number of nitrogens with zero attached hydrogens (tertiary/aromatic N) is 3.